The maximum Gasteiger partial charge on any atom is 0.311 e. The van der Waals surface area contributed by atoms with Gasteiger partial charge in [-0.15, -0.1) is 24.8 Å². The highest BCUT2D eigenvalue weighted by Gasteiger charge is 2.23. The summed E-state index contributed by atoms with van der Waals surface area (Å²) < 4.78 is 25.6. The minimum atomic E-state index is -0.807. The molecule has 0 aliphatic heterocycles. The van der Waals surface area contributed by atoms with E-state index in [1.54, 1.807) is 78.9 Å². The average molecular weight is 1100 g/mol. The standard InChI is InChI=1S/C21H19N3O7.C19H15N3O6.C12H12N2O2.2ClH/c1-29-12-31-19-7-4-14(10-17(19)24(27)28)21(26)23-11-18(25)20-16(8-9-30-20)13-2-5-15(22)6-3-13;20-13-4-1-11(2-5-13)14-7-8-28-18(14)17(24)10-21-19(25)12-3-6-16(23)15(9-12)22(26)27;13-7-11(15)12-10(5-6-16-12)8-1-3-9(14)4-2-8;;/h2-10H,11-12,22H2,1H3,(H,23,26);1-9,23H,10,20H2,(H,21,25);1-6H,7,13-14H2;2*1H. The Morgan fingerprint density at radius 3 is 1.27 bits per heavy atom. The van der Waals surface area contributed by atoms with Crippen molar-refractivity contribution in [2.24, 2.45) is 5.73 Å². The van der Waals surface area contributed by atoms with Crippen LogP contribution in [0.4, 0.5) is 28.4 Å². The second-order valence-electron chi connectivity index (χ2n) is 15.6. The molecule has 0 fully saturated rings. The van der Waals surface area contributed by atoms with E-state index in [-0.39, 0.29) is 85.4 Å². The first-order chi connectivity index (χ1) is 36.0. The molecule has 400 valence electrons. The number of ether oxygens (including phenoxy) is 2. The van der Waals surface area contributed by atoms with Crippen LogP contribution in [0.3, 0.4) is 0 Å². The molecule has 0 atom stereocenters. The number of nitrogens with two attached hydrogens (primary N) is 4. The second kappa shape index (κ2) is 28.0. The van der Waals surface area contributed by atoms with Crippen molar-refractivity contribution in [2.75, 3.05) is 50.7 Å². The molecule has 0 aliphatic carbocycles. The average Bonchev–Trinajstić information content (AvgIpc) is 4.23. The van der Waals surface area contributed by atoms with Crippen LogP contribution in [0.1, 0.15) is 52.4 Å². The molecular weight excluding hydrogens is 1050 g/mol. The Labute approximate surface area is 449 Å². The molecular formula is C52H48Cl2N8O15. The van der Waals surface area contributed by atoms with Gasteiger partial charge in [-0.1, -0.05) is 36.4 Å². The van der Waals surface area contributed by atoms with Gasteiger partial charge in [0.15, 0.2) is 35.6 Å². The zero-order chi connectivity index (χ0) is 54.2. The number of phenols is 1. The molecule has 2 amide bonds. The molecule has 0 radical (unpaired) electrons. The Balaban J connectivity index is 0.000000257. The quantitative estimate of drug-likeness (QED) is 0.0140. The number of amides is 2. The summed E-state index contributed by atoms with van der Waals surface area (Å²) in [6, 6.07) is 32.9. The first-order valence-corrected chi connectivity index (χ1v) is 22.0. The van der Waals surface area contributed by atoms with Gasteiger partial charge in [0.2, 0.25) is 17.3 Å². The topological polar surface area (TPSA) is 378 Å². The molecule has 77 heavy (non-hydrogen) atoms. The molecule has 0 unspecified atom stereocenters. The number of nitrogen functional groups attached to an aromatic ring is 3. The van der Waals surface area contributed by atoms with Crippen LogP contribution in [0.2, 0.25) is 0 Å². The van der Waals surface area contributed by atoms with E-state index in [1.165, 1.54) is 44.1 Å². The van der Waals surface area contributed by atoms with E-state index >= 15 is 0 Å². The van der Waals surface area contributed by atoms with Gasteiger partial charge < -0.3 is 61.4 Å². The molecule has 0 saturated heterocycles. The number of aromatic hydroxyl groups is 1. The molecule has 3 heterocycles. The maximum atomic E-state index is 12.6. The molecule has 0 spiro atoms. The number of phenolic OH excluding ortho intramolecular Hbond substituents is 1. The number of nitrogens with zero attached hydrogens (tertiary/aromatic N) is 2. The number of ketones is 3. The van der Waals surface area contributed by atoms with Gasteiger partial charge in [0, 0.05) is 64.1 Å². The minimum Gasteiger partial charge on any atom is -0.502 e. The number of hydrogen-bond acceptors (Lipinski definition) is 19. The Hall–Kier alpha value is -9.81. The normalized spacial score (nSPS) is 10.2. The number of nitrogens with one attached hydrogen (secondary N) is 2. The van der Waals surface area contributed by atoms with Gasteiger partial charge in [0.05, 0.1) is 48.3 Å². The second-order valence-corrected chi connectivity index (χ2v) is 15.6. The predicted octanol–water partition coefficient (Wildman–Crippen LogP) is 8.30. The Morgan fingerprint density at radius 1 is 0.545 bits per heavy atom. The van der Waals surface area contributed by atoms with E-state index in [2.05, 4.69) is 10.6 Å². The third-order valence-electron chi connectivity index (χ3n) is 10.6. The highest BCUT2D eigenvalue weighted by Crippen LogP contribution is 2.31. The van der Waals surface area contributed by atoms with Crippen molar-refractivity contribution in [1.29, 1.82) is 0 Å². The molecule has 8 rings (SSSR count). The zero-order valence-electron chi connectivity index (χ0n) is 40.4. The smallest absolute Gasteiger partial charge is 0.311 e. The lowest BCUT2D eigenvalue weighted by Gasteiger charge is -2.08. The third kappa shape index (κ3) is 15.6. The van der Waals surface area contributed by atoms with Gasteiger partial charge in [0.1, 0.15) is 0 Å². The van der Waals surface area contributed by atoms with Crippen LogP contribution in [0.15, 0.2) is 159 Å². The summed E-state index contributed by atoms with van der Waals surface area (Å²) in [6.45, 7) is -0.969. The van der Waals surface area contributed by atoms with E-state index in [0.29, 0.717) is 33.9 Å². The van der Waals surface area contributed by atoms with Crippen LogP contribution in [0.5, 0.6) is 11.5 Å². The van der Waals surface area contributed by atoms with Gasteiger partial charge in [-0.05, 0) is 95.6 Å². The van der Waals surface area contributed by atoms with Crippen molar-refractivity contribution < 1.29 is 61.7 Å². The molecule has 25 heteroatoms. The lowest BCUT2D eigenvalue weighted by molar-refractivity contribution is -0.386. The molecule has 5 aromatic carbocycles. The number of anilines is 3. The lowest BCUT2D eigenvalue weighted by atomic mass is 10.0. The zero-order valence-corrected chi connectivity index (χ0v) is 42.0. The van der Waals surface area contributed by atoms with E-state index in [1.807, 2.05) is 12.1 Å². The van der Waals surface area contributed by atoms with Crippen LogP contribution in [0, 0.1) is 20.2 Å². The summed E-state index contributed by atoms with van der Waals surface area (Å²) in [6.07, 6.45) is 4.22. The van der Waals surface area contributed by atoms with Crippen LogP contribution in [-0.4, -0.2) is 77.7 Å². The SMILES string of the molecule is COCOc1ccc(C(=O)NCC(=O)c2occc2-c2ccc(N)cc2)cc1[N+](=O)[O-].Cl.Cl.NCC(=O)c1occc1-c1ccc(N)cc1.Nc1ccc(-c2ccoc2C(=O)CNC(=O)c2ccc(O)c([N+](=O)[O-])c2)cc1. The number of benzene rings is 5. The fourth-order valence-electron chi connectivity index (χ4n) is 6.88. The molecule has 0 aliphatic rings. The number of methoxy groups -OCH3 is 1. The van der Waals surface area contributed by atoms with E-state index < -0.39 is 50.4 Å². The monoisotopic (exact) mass is 1090 g/mol. The fourth-order valence-corrected chi connectivity index (χ4v) is 6.88. The Bertz CT molecular complexity index is 3360. The Morgan fingerprint density at radius 2 is 0.909 bits per heavy atom. The third-order valence-corrected chi connectivity index (χ3v) is 10.6. The summed E-state index contributed by atoms with van der Waals surface area (Å²) in [4.78, 5) is 81.7. The number of nitro groups is 2. The van der Waals surface area contributed by atoms with E-state index in [4.69, 9.17) is 45.7 Å². The summed E-state index contributed by atoms with van der Waals surface area (Å²) in [7, 11) is 1.38. The van der Waals surface area contributed by atoms with Gasteiger partial charge in [0.25, 0.3) is 11.8 Å². The number of halogens is 2. The van der Waals surface area contributed by atoms with Crippen molar-refractivity contribution in [3.8, 4) is 44.9 Å². The summed E-state index contributed by atoms with van der Waals surface area (Å²) in [5.41, 5.74) is 27.2. The number of carbonyl (C=O) groups is 5. The summed E-state index contributed by atoms with van der Waals surface area (Å²) >= 11 is 0. The van der Waals surface area contributed by atoms with Crippen LogP contribution >= 0.6 is 24.8 Å². The van der Waals surface area contributed by atoms with Crippen molar-refractivity contribution in [2.45, 2.75) is 0 Å². The lowest BCUT2D eigenvalue weighted by Crippen LogP contribution is -2.29. The van der Waals surface area contributed by atoms with Crippen molar-refractivity contribution >= 4 is 82.4 Å². The fraction of sp³-hybridized carbons (Fsp3) is 0.0962. The van der Waals surface area contributed by atoms with Gasteiger partial charge in [-0.2, -0.15) is 0 Å². The summed E-state index contributed by atoms with van der Waals surface area (Å²) in [5, 5.41) is 36.4. The molecule has 3 aromatic heterocycles. The van der Waals surface area contributed by atoms with Gasteiger partial charge in [-0.25, -0.2) is 0 Å². The minimum absolute atomic E-state index is 0. The highest BCUT2D eigenvalue weighted by atomic mass is 35.5. The van der Waals surface area contributed by atoms with Crippen LogP contribution in [0.25, 0.3) is 33.4 Å². The first kappa shape index (κ1) is 59.8. The summed E-state index contributed by atoms with van der Waals surface area (Å²) in [5.74, 6) is -2.64. The van der Waals surface area contributed by atoms with Crippen LogP contribution in [-0.2, 0) is 4.74 Å². The molecule has 11 N–H and O–H groups in total. The molecule has 8 aromatic rings. The van der Waals surface area contributed by atoms with E-state index in [0.717, 1.165) is 40.5 Å². The highest BCUT2D eigenvalue weighted by molar-refractivity contribution is 6.06. The van der Waals surface area contributed by atoms with Gasteiger partial charge >= 0.3 is 11.4 Å². The number of Topliss-reactive ketones (excluding diaryl/α,β-unsaturated/α-hetero) is 3. The van der Waals surface area contributed by atoms with E-state index in [9.17, 15) is 49.3 Å². The number of rotatable bonds is 18. The number of hydrogen-bond donors (Lipinski definition) is 7. The molecule has 0 bridgehead atoms. The largest absolute Gasteiger partial charge is 0.502 e. The Kier molecular flexibility index (Phi) is 21.7. The first-order valence-electron chi connectivity index (χ1n) is 22.0. The van der Waals surface area contributed by atoms with Crippen molar-refractivity contribution in [3.05, 3.63) is 195 Å². The van der Waals surface area contributed by atoms with Crippen molar-refractivity contribution in [3.63, 3.8) is 0 Å². The van der Waals surface area contributed by atoms with Gasteiger partial charge in [-0.3, -0.25) is 44.2 Å². The molecule has 0 saturated carbocycles. The maximum absolute atomic E-state index is 12.6. The number of carbonyl (C=O) groups excluding carboxylic acids is 5. The number of furan rings is 3. The predicted molar refractivity (Wildman–Crippen MR) is 287 cm³/mol. The van der Waals surface area contributed by atoms with Crippen LogP contribution < -0.4 is 38.3 Å². The van der Waals surface area contributed by atoms with Crippen molar-refractivity contribution in [1.82, 2.24) is 10.6 Å². The number of nitro benzene ring substituents is 2. The molecule has 23 nitrogen and oxygen atoms in total.